The van der Waals surface area contributed by atoms with Crippen molar-refractivity contribution >= 4 is 29.4 Å². The Bertz CT molecular complexity index is 1410. The van der Waals surface area contributed by atoms with E-state index in [-0.39, 0.29) is 30.4 Å². The number of guanidine groups is 1. The molecule has 2 amide bonds. The third-order valence-electron chi connectivity index (χ3n) is 7.37. The second-order valence-corrected chi connectivity index (χ2v) is 10.4. The molecule has 2 aliphatic rings. The van der Waals surface area contributed by atoms with Gasteiger partial charge in [0.05, 0.1) is 19.2 Å². The fourth-order valence-electron chi connectivity index (χ4n) is 5.33. The Hall–Kier alpha value is -3.68. The number of hydrogen-bond donors (Lipinski definition) is 1. The number of ether oxygens (including phenoxy) is 1. The highest BCUT2D eigenvalue weighted by molar-refractivity contribution is 6.30. The van der Waals surface area contributed by atoms with E-state index in [9.17, 15) is 9.59 Å². The van der Waals surface area contributed by atoms with Crippen molar-refractivity contribution in [2.75, 3.05) is 20.3 Å². The number of hydrogen-bond acceptors (Lipinski definition) is 5. The molecule has 1 saturated heterocycles. The van der Waals surface area contributed by atoms with Gasteiger partial charge in [-0.2, -0.15) is 0 Å². The second-order valence-electron chi connectivity index (χ2n) is 9.97. The molecule has 2 heterocycles. The zero-order valence-corrected chi connectivity index (χ0v) is 22.3. The summed E-state index contributed by atoms with van der Waals surface area (Å²) in [5, 5.41) is 0.643. The molecule has 3 aromatic rings. The van der Waals surface area contributed by atoms with E-state index in [4.69, 9.17) is 22.1 Å². The number of halogens is 1. The van der Waals surface area contributed by atoms with Crippen LogP contribution in [0.15, 0.2) is 77.8 Å². The molecule has 5 rings (SSSR count). The molecule has 7 nitrogen and oxygen atoms in total. The first-order valence-corrected chi connectivity index (χ1v) is 13.1. The van der Waals surface area contributed by atoms with E-state index in [2.05, 4.69) is 4.99 Å². The first kappa shape index (κ1) is 25.9. The van der Waals surface area contributed by atoms with Gasteiger partial charge in [-0.05, 0) is 72.4 Å². The summed E-state index contributed by atoms with van der Waals surface area (Å²) in [5.41, 5.74) is 9.17. The van der Waals surface area contributed by atoms with Crippen LogP contribution in [0.5, 0.6) is 0 Å². The quantitative estimate of drug-likeness (QED) is 0.474. The van der Waals surface area contributed by atoms with E-state index in [1.807, 2.05) is 77.7 Å². The maximum absolute atomic E-state index is 13.7. The topological polar surface area (TPSA) is 88.2 Å². The van der Waals surface area contributed by atoms with Crippen LogP contribution in [-0.4, -0.2) is 53.9 Å². The number of rotatable bonds is 7. The lowest BCUT2D eigenvalue weighted by molar-refractivity contribution is -0.131. The lowest BCUT2D eigenvalue weighted by Gasteiger charge is -2.25. The van der Waals surface area contributed by atoms with Gasteiger partial charge >= 0.3 is 0 Å². The van der Waals surface area contributed by atoms with Crippen molar-refractivity contribution in [1.29, 1.82) is 0 Å². The van der Waals surface area contributed by atoms with Gasteiger partial charge in [-0.25, -0.2) is 4.99 Å². The number of carbonyl (C=O) groups excluding carboxylic acids is 2. The number of carbonyl (C=O) groups is 2. The smallest absolute Gasteiger partial charge is 0.261 e. The lowest BCUT2D eigenvalue weighted by atomic mass is 9.89. The zero-order chi connectivity index (χ0) is 26.9. The third-order valence-corrected chi connectivity index (χ3v) is 7.61. The van der Waals surface area contributed by atoms with Crippen LogP contribution in [0.1, 0.15) is 41.3 Å². The minimum atomic E-state index is -1.16. The van der Waals surface area contributed by atoms with Crippen LogP contribution in [0.4, 0.5) is 0 Å². The van der Waals surface area contributed by atoms with Gasteiger partial charge in [0, 0.05) is 24.2 Å². The molecule has 0 saturated carbocycles. The molecular formula is C30H31ClN4O3. The standard InChI is InChI=1S/C30H31ClN4O3/c1-30(24-11-4-8-21(16-24)22-9-5-12-25(31)17-22)28(37)35(29(32)33-30)18-20-7-3-10-23(15-20)27(36)34-14-6-13-26(34)19-38-2/h3-5,7-12,15-17,26H,6,13-14,18-19H2,1-2H3,(H2,32,33). The first-order chi connectivity index (χ1) is 18.3. The Morgan fingerprint density at radius 2 is 1.84 bits per heavy atom. The van der Waals surface area contributed by atoms with E-state index in [0.29, 0.717) is 23.7 Å². The third kappa shape index (κ3) is 4.91. The molecule has 0 radical (unpaired) electrons. The molecule has 196 valence electrons. The second kappa shape index (κ2) is 10.6. The summed E-state index contributed by atoms with van der Waals surface area (Å²) in [6.07, 6.45) is 1.90. The molecule has 0 aliphatic carbocycles. The molecule has 0 bridgehead atoms. The summed E-state index contributed by atoms with van der Waals surface area (Å²) in [6.45, 7) is 3.24. The van der Waals surface area contributed by atoms with E-state index in [1.165, 1.54) is 4.90 Å². The average Bonchev–Trinajstić information content (AvgIpc) is 3.47. The Kier molecular flexibility index (Phi) is 7.23. The van der Waals surface area contributed by atoms with Crippen LogP contribution >= 0.6 is 11.6 Å². The molecule has 2 unspecified atom stereocenters. The highest BCUT2D eigenvalue weighted by Gasteiger charge is 2.45. The molecule has 3 aromatic carbocycles. The molecule has 2 N–H and O–H groups in total. The van der Waals surface area contributed by atoms with Crippen LogP contribution in [-0.2, 0) is 21.6 Å². The van der Waals surface area contributed by atoms with Gasteiger partial charge in [-0.3, -0.25) is 14.5 Å². The van der Waals surface area contributed by atoms with Gasteiger partial charge in [0.25, 0.3) is 11.8 Å². The number of nitrogens with two attached hydrogens (primary N) is 1. The zero-order valence-electron chi connectivity index (χ0n) is 21.6. The maximum Gasteiger partial charge on any atom is 0.261 e. The van der Waals surface area contributed by atoms with Crippen molar-refractivity contribution in [3.8, 4) is 11.1 Å². The summed E-state index contributed by atoms with van der Waals surface area (Å²) in [4.78, 5) is 34.9. The van der Waals surface area contributed by atoms with Crippen molar-refractivity contribution in [2.45, 2.75) is 37.9 Å². The van der Waals surface area contributed by atoms with E-state index < -0.39 is 5.54 Å². The molecule has 38 heavy (non-hydrogen) atoms. The highest BCUT2D eigenvalue weighted by Crippen LogP contribution is 2.36. The predicted octanol–water partition coefficient (Wildman–Crippen LogP) is 4.83. The van der Waals surface area contributed by atoms with E-state index in [1.54, 1.807) is 14.0 Å². The van der Waals surface area contributed by atoms with Crippen molar-refractivity contribution in [2.24, 2.45) is 10.7 Å². The van der Waals surface area contributed by atoms with Crippen LogP contribution in [0.25, 0.3) is 11.1 Å². The maximum atomic E-state index is 13.7. The summed E-state index contributed by atoms with van der Waals surface area (Å²) < 4.78 is 5.30. The molecule has 1 fully saturated rings. The van der Waals surface area contributed by atoms with Crippen LogP contribution in [0, 0.1) is 0 Å². The monoisotopic (exact) mass is 530 g/mol. The van der Waals surface area contributed by atoms with Crippen LogP contribution < -0.4 is 5.73 Å². The van der Waals surface area contributed by atoms with Gasteiger partial charge in [0.1, 0.15) is 0 Å². The molecule has 2 aliphatic heterocycles. The van der Waals surface area contributed by atoms with Gasteiger partial charge < -0.3 is 15.4 Å². The Morgan fingerprint density at radius 1 is 1.11 bits per heavy atom. The summed E-state index contributed by atoms with van der Waals surface area (Å²) in [7, 11) is 1.65. The van der Waals surface area contributed by atoms with Crippen LogP contribution in [0.3, 0.4) is 0 Å². The fraction of sp³-hybridized carbons (Fsp3) is 0.300. The normalized spacial score (nSPS) is 21.2. The summed E-state index contributed by atoms with van der Waals surface area (Å²) >= 11 is 6.19. The largest absolute Gasteiger partial charge is 0.383 e. The Labute approximate surface area is 227 Å². The SMILES string of the molecule is COCC1CCCN1C(=O)c1cccc(CN2C(=O)C(C)(c3cccc(-c4cccc(Cl)c4)c3)N=C2N)c1. The molecule has 8 heteroatoms. The first-order valence-electron chi connectivity index (χ1n) is 12.7. The number of benzene rings is 3. The predicted molar refractivity (Wildman–Crippen MR) is 149 cm³/mol. The Morgan fingerprint density at radius 3 is 2.61 bits per heavy atom. The van der Waals surface area contributed by atoms with Crippen LogP contribution in [0.2, 0.25) is 5.02 Å². The van der Waals surface area contributed by atoms with E-state index >= 15 is 0 Å². The highest BCUT2D eigenvalue weighted by atomic mass is 35.5. The molecular weight excluding hydrogens is 500 g/mol. The lowest BCUT2D eigenvalue weighted by Crippen LogP contribution is -2.41. The van der Waals surface area contributed by atoms with Crippen molar-refractivity contribution in [1.82, 2.24) is 9.80 Å². The van der Waals surface area contributed by atoms with E-state index in [0.717, 1.165) is 35.1 Å². The number of methoxy groups -OCH3 is 1. The van der Waals surface area contributed by atoms with Gasteiger partial charge in [-0.15, -0.1) is 0 Å². The fourth-order valence-corrected chi connectivity index (χ4v) is 5.52. The summed E-state index contributed by atoms with van der Waals surface area (Å²) in [5.74, 6) is -0.0831. The average molecular weight is 531 g/mol. The van der Waals surface area contributed by atoms with Gasteiger partial charge in [0.15, 0.2) is 11.5 Å². The van der Waals surface area contributed by atoms with Crippen molar-refractivity contribution in [3.63, 3.8) is 0 Å². The number of likely N-dealkylation sites (tertiary alicyclic amines) is 1. The molecule has 0 spiro atoms. The molecule has 2 atom stereocenters. The minimum absolute atomic E-state index is 0.0246. The number of nitrogens with zero attached hydrogens (tertiary/aromatic N) is 3. The van der Waals surface area contributed by atoms with Crippen molar-refractivity contribution in [3.05, 3.63) is 94.5 Å². The van der Waals surface area contributed by atoms with Gasteiger partial charge in [0.2, 0.25) is 0 Å². The number of amides is 2. The minimum Gasteiger partial charge on any atom is -0.383 e. The Balaban J connectivity index is 1.36. The summed E-state index contributed by atoms with van der Waals surface area (Å²) in [6, 6.07) is 22.8. The molecule has 0 aromatic heterocycles. The number of aliphatic imine (C=N–C) groups is 1. The van der Waals surface area contributed by atoms with Crippen molar-refractivity contribution < 1.29 is 14.3 Å². The van der Waals surface area contributed by atoms with Gasteiger partial charge in [-0.1, -0.05) is 54.1 Å².